The second-order valence-electron chi connectivity index (χ2n) is 6.57. The first kappa shape index (κ1) is 23.3. The molecule has 0 aliphatic carbocycles. The summed E-state index contributed by atoms with van der Waals surface area (Å²) in [6.45, 7) is 1.91. The van der Waals surface area contributed by atoms with Gasteiger partial charge in [0.05, 0.1) is 12.4 Å². The summed E-state index contributed by atoms with van der Waals surface area (Å²) in [6, 6.07) is 18.3. The number of nitrogens with one attached hydrogen (secondary N) is 1. The van der Waals surface area contributed by atoms with E-state index in [0.29, 0.717) is 11.5 Å². The van der Waals surface area contributed by atoms with Gasteiger partial charge in [0.1, 0.15) is 16.0 Å². The zero-order valence-electron chi connectivity index (χ0n) is 17.0. The Hall–Kier alpha value is -2.33. The van der Waals surface area contributed by atoms with Gasteiger partial charge in [-0.25, -0.2) is 8.42 Å². The average Bonchev–Trinajstić information content (AvgIpc) is 3.28. The Morgan fingerprint density at radius 1 is 1.10 bits per heavy atom. The highest BCUT2D eigenvalue weighted by atomic mass is 32.2. The van der Waals surface area contributed by atoms with Crippen LogP contribution in [0.5, 0.6) is 5.75 Å². The summed E-state index contributed by atoms with van der Waals surface area (Å²) >= 11 is 2.48. The number of rotatable bonds is 10. The van der Waals surface area contributed by atoms with Crippen LogP contribution in [0.4, 0.5) is 0 Å². The number of benzene rings is 2. The third kappa shape index (κ3) is 5.68. The molecule has 1 aromatic heterocycles. The van der Waals surface area contributed by atoms with Crippen molar-refractivity contribution in [3.8, 4) is 16.2 Å². The van der Waals surface area contributed by atoms with Crippen molar-refractivity contribution in [3.05, 3.63) is 72.3 Å². The van der Waals surface area contributed by atoms with Crippen LogP contribution in [-0.2, 0) is 14.8 Å². The van der Waals surface area contributed by atoms with Crippen molar-refractivity contribution >= 4 is 39.1 Å². The van der Waals surface area contributed by atoms with Gasteiger partial charge < -0.3 is 9.84 Å². The molecule has 0 fully saturated rings. The number of carboxylic acids is 1. The number of carboxylic acid groups (broad SMARTS) is 1. The number of thiophene rings is 1. The number of thioether (sulfide) groups is 1. The van der Waals surface area contributed by atoms with E-state index in [1.54, 1.807) is 25.3 Å². The van der Waals surface area contributed by atoms with Gasteiger partial charge in [0.25, 0.3) is 10.0 Å². The first-order valence-electron chi connectivity index (χ1n) is 9.51. The summed E-state index contributed by atoms with van der Waals surface area (Å²) in [7, 11) is -2.45. The molecule has 0 saturated carbocycles. The molecule has 2 N–H and O–H groups in total. The minimum absolute atomic E-state index is 0.0675. The molecule has 0 saturated heterocycles. The SMILES string of the molecule is CCS[C@H](c1ccccc1)[C@@H](NS(=O)(=O)c1ccc(-c2ccc(OC)cc2)s1)C(=O)O. The van der Waals surface area contributed by atoms with E-state index in [1.165, 1.54) is 17.8 Å². The van der Waals surface area contributed by atoms with E-state index in [4.69, 9.17) is 4.74 Å². The Labute approximate surface area is 190 Å². The Bertz CT molecular complexity index is 1110. The van der Waals surface area contributed by atoms with E-state index in [0.717, 1.165) is 27.3 Å². The van der Waals surface area contributed by atoms with Gasteiger partial charge in [-0.3, -0.25) is 4.79 Å². The van der Waals surface area contributed by atoms with Gasteiger partial charge in [-0.15, -0.1) is 11.3 Å². The molecule has 0 radical (unpaired) electrons. The van der Waals surface area contributed by atoms with Crippen molar-refractivity contribution in [1.82, 2.24) is 4.72 Å². The van der Waals surface area contributed by atoms with E-state index in [1.807, 2.05) is 49.4 Å². The van der Waals surface area contributed by atoms with Crippen LogP contribution >= 0.6 is 23.1 Å². The van der Waals surface area contributed by atoms with Crippen LogP contribution in [0.25, 0.3) is 10.4 Å². The second-order valence-corrected chi connectivity index (χ2v) is 11.0. The molecule has 0 aliphatic heterocycles. The Morgan fingerprint density at radius 2 is 1.77 bits per heavy atom. The fraction of sp³-hybridized carbons (Fsp3) is 0.227. The molecule has 0 amide bonds. The summed E-state index contributed by atoms with van der Waals surface area (Å²) in [4.78, 5) is 12.8. The number of hydrogen-bond acceptors (Lipinski definition) is 6. The molecular formula is C22H23NO5S3. The highest BCUT2D eigenvalue weighted by molar-refractivity contribution is 7.99. The minimum Gasteiger partial charge on any atom is -0.497 e. The molecule has 31 heavy (non-hydrogen) atoms. The molecule has 0 unspecified atom stereocenters. The van der Waals surface area contributed by atoms with E-state index >= 15 is 0 Å². The zero-order chi connectivity index (χ0) is 22.4. The Kier molecular flexibility index (Phi) is 7.77. The van der Waals surface area contributed by atoms with Gasteiger partial charge in [0, 0.05) is 4.88 Å². The number of aliphatic carboxylic acids is 1. The zero-order valence-corrected chi connectivity index (χ0v) is 19.5. The summed E-state index contributed by atoms with van der Waals surface area (Å²) in [5.41, 5.74) is 1.61. The molecule has 0 spiro atoms. The maximum absolute atomic E-state index is 13.0. The maximum Gasteiger partial charge on any atom is 0.323 e. The molecule has 3 rings (SSSR count). The second kappa shape index (κ2) is 10.3. The largest absolute Gasteiger partial charge is 0.497 e. The van der Waals surface area contributed by atoms with Gasteiger partial charge >= 0.3 is 5.97 Å². The van der Waals surface area contributed by atoms with E-state index in [-0.39, 0.29) is 4.21 Å². The highest BCUT2D eigenvalue weighted by Crippen LogP contribution is 2.35. The van der Waals surface area contributed by atoms with Crippen molar-refractivity contribution in [2.45, 2.75) is 22.4 Å². The van der Waals surface area contributed by atoms with Crippen molar-refractivity contribution < 1.29 is 23.1 Å². The van der Waals surface area contributed by atoms with E-state index in [2.05, 4.69) is 4.72 Å². The van der Waals surface area contributed by atoms with E-state index < -0.39 is 27.3 Å². The Morgan fingerprint density at radius 3 is 2.35 bits per heavy atom. The third-order valence-electron chi connectivity index (χ3n) is 4.55. The summed E-state index contributed by atoms with van der Waals surface area (Å²) in [6.07, 6.45) is 0. The molecule has 9 heteroatoms. The molecule has 2 aromatic carbocycles. The number of sulfonamides is 1. The van der Waals surface area contributed by atoms with Crippen LogP contribution in [0.2, 0.25) is 0 Å². The minimum atomic E-state index is -4.03. The van der Waals surface area contributed by atoms with Crippen LogP contribution in [0.1, 0.15) is 17.7 Å². The quantitative estimate of drug-likeness (QED) is 0.442. The molecule has 6 nitrogen and oxygen atoms in total. The van der Waals surface area contributed by atoms with Gasteiger partial charge in [0.15, 0.2) is 0 Å². The van der Waals surface area contributed by atoms with Crippen LogP contribution in [0.15, 0.2) is 70.9 Å². The molecule has 164 valence electrons. The third-order valence-corrected chi connectivity index (χ3v) is 8.85. The van der Waals surface area contributed by atoms with E-state index in [9.17, 15) is 18.3 Å². The summed E-state index contributed by atoms with van der Waals surface area (Å²) in [5.74, 6) is 0.135. The topological polar surface area (TPSA) is 92.7 Å². The molecule has 1 heterocycles. The van der Waals surface area contributed by atoms with Crippen LogP contribution in [-0.4, -0.2) is 38.4 Å². The standard InChI is InChI=1S/C22H23NO5S3/c1-3-29-21(16-7-5-4-6-8-16)20(22(24)25)23-31(26,27)19-14-13-18(30-19)15-9-11-17(28-2)12-10-15/h4-14,20-21,23H,3H2,1-2H3,(H,24,25)/t20-,21-/m1/s1. The number of ether oxygens (including phenoxy) is 1. The maximum atomic E-state index is 13.0. The van der Waals surface area contributed by atoms with Gasteiger partial charge in [-0.1, -0.05) is 37.3 Å². The van der Waals surface area contributed by atoms with Crippen molar-refractivity contribution in [2.24, 2.45) is 0 Å². The smallest absolute Gasteiger partial charge is 0.323 e. The van der Waals surface area contributed by atoms with Crippen molar-refractivity contribution in [3.63, 3.8) is 0 Å². The summed E-state index contributed by atoms with van der Waals surface area (Å²) < 4.78 is 33.7. The van der Waals surface area contributed by atoms with Gasteiger partial charge in [-0.05, 0) is 53.3 Å². The van der Waals surface area contributed by atoms with Crippen LogP contribution < -0.4 is 9.46 Å². The molecular weight excluding hydrogens is 454 g/mol. The normalized spacial score (nSPS) is 13.5. The monoisotopic (exact) mass is 477 g/mol. The lowest BCUT2D eigenvalue weighted by molar-refractivity contribution is -0.139. The number of carbonyl (C=O) groups is 1. The molecule has 0 aliphatic rings. The number of hydrogen-bond donors (Lipinski definition) is 2. The van der Waals surface area contributed by atoms with Crippen LogP contribution in [0, 0.1) is 0 Å². The van der Waals surface area contributed by atoms with Crippen molar-refractivity contribution in [1.29, 1.82) is 0 Å². The first-order chi connectivity index (χ1) is 14.9. The molecule has 2 atom stereocenters. The predicted octanol–water partition coefficient (Wildman–Crippen LogP) is 4.65. The average molecular weight is 478 g/mol. The lowest BCUT2D eigenvalue weighted by atomic mass is 10.1. The summed E-state index contributed by atoms with van der Waals surface area (Å²) in [5, 5.41) is 9.27. The Balaban J connectivity index is 1.87. The fourth-order valence-electron chi connectivity index (χ4n) is 3.05. The predicted molar refractivity (Wildman–Crippen MR) is 125 cm³/mol. The van der Waals surface area contributed by atoms with Gasteiger partial charge in [-0.2, -0.15) is 16.5 Å². The van der Waals surface area contributed by atoms with Crippen molar-refractivity contribution in [2.75, 3.05) is 12.9 Å². The fourth-order valence-corrected chi connectivity index (χ4v) is 6.75. The lowest BCUT2D eigenvalue weighted by Crippen LogP contribution is -2.43. The lowest BCUT2D eigenvalue weighted by Gasteiger charge is -2.24. The number of methoxy groups -OCH3 is 1. The molecule has 3 aromatic rings. The van der Waals surface area contributed by atoms with Gasteiger partial charge in [0.2, 0.25) is 0 Å². The molecule has 0 bridgehead atoms. The van der Waals surface area contributed by atoms with Crippen LogP contribution in [0.3, 0.4) is 0 Å². The highest BCUT2D eigenvalue weighted by Gasteiger charge is 2.34. The first-order valence-corrected chi connectivity index (χ1v) is 12.9.